The SMILES string of the molecule is C=CCC(NCC)C1SCCSC1CC. The van der Waals surface area contributed by atoms with E-state index in [1.807, 2.05) is 0 Å². The molecule has 0 saturated carbocycles. The van der Waals surface area contributed by atoms with Gasteiger partial charge in [-0.2, -0.15) is 23.5 Å². The van der Waals surface area contributed by atoms with Gasteiger partial charge in [-0.25, -0.2) is 0 Å². The van der Waals surface area contributed by atoms with E-state index in [0.29, 0.717) is 6.04 Å². The van der Waals surface area contributed by atoms with Crippen LogP contribution in [0.15, 0.2) is 12.7 Å². The Morgan fingerprint density at radius 1 is 1.40 bits per heavy atom. The second-order valence-corrected chi connectivity index (χ2v) is 6.47. The molecule has 1 fully saturated rings. The van der Waals surface area contributed by atoms with Crippen molar-refractivity contribution in [1.82, 2.24) is 5.32 Å². The Labute approximate surface area is 103 Å². The van der Waals surface area contributed by atoms with Crippen molar-refractivity contribution in [2.45, 2.75) is 43.2 Å². The van der Waals surface area contributed by atoms with E-state index in [9.17, 15) is 0 Å². The summed E-state index contributed by atoms with van der Waals surface area (Å²) in [4.78, 5) is 0. The molecule has 0 aromatic carbocycles. The Bertz CT molecular complexity index is 184. The van der Waals surface area contributed by atoms with Crippen LogP contribution in [0, 0.1) is 0 Å². The molecule has 1 N–H and O–H groups in total. The molecule has 1 saturated heterocycles. The maximum absolute atomic E-state index is 3.87. The highest BCUT2D eigenvalue weighted by molar-refractivity contribution is 8.07. The van der Waals surface area contributed by atoms with Crippen LogP contribution in [0.3, 0.4) is 0 Å². The van der Waals surface area contributed by atoms with Gasteiger partial charge in [0, 0.05) is 28.0 Å². The average Bonchev–Trinajstić information content (AvgIpc) is 2.29. The predicted octanol–water partition coefficient (Wildman–Crippen LogP) is 3.17. The molecule has 88 valence electrons. The van der Waals surface area contributed by atoms with Crippen LogP contribution in [0.2, 0.25) is 0 Å². The molecular weight excluding hydrogens is 222 g/mol. The average molecular weight is 245 g/mol. The van der Waals surface area contributed by atoms with Gasteiger partial charge in [0.15, 0.2) is 0 Å². The van der Waals surface area contributed by atoms with E-state index >= 15 is 0 Å². The maximum Gasteiger partial charge on any atom is 0.0323 e. The van der Waals surface area contributed by atoms with Gasteiger partial charge in [0.2, 0.25) is 0 Å². The quantitative estimate of drug-likeness (QED) is 0.722. The van der Waals surface area contributed by atoms with Crippen molar-refractivity contribution in [3.63, 3.8) is 0 Å². The Morgan fingerprint density at radius 2 is 2.13 bits per heavy atom. The van der Waals surface area contributed by atoms with Crippen LogP contribution in [-0.4, -0.2) is 34.6 Å². The second-order valence-electron chi connectivity index (χ2n) is 3.84. The summed E-state index contributed by atoms with van der Waals surface area (Å²) in [5, 5.41) is 5.21. The first-order valence-electron chi connectivity index (χ1n) is 5.90. The van der Waals surface area contributed by atoms with Gasteiger partial charge in [0.25, 0.3) is 0 Å². The van der Waals surface area contributed by atoms with Crippen LogP contribution in [0.4, 0.5) is 0 Å². The van der Waals surface area contributed by atoms with E-state index in [0.717, 1.165) is 23.5 Å². The summed E-state index contributed by atoms with van der Waals surface area (Å²) in [5.74, 6) is 2.64. The van der Waals surface area contributed by atoms with Crippen molar-refractivity contribution >= 4 is 23.5 Å². The number of rotatable bonds is 6. The van der Waals surface area contributed by atoms with Gasteiger partial charge in [-0.3, -0.25) is 0 Å². The molecule has 0 aliphatic carbocycles. The van der Waals surface area contributed by atoms with E-state index in [1.165, 1.54) is 17.9 Å². The van der Waals surface area contributed by atoms with Crippen LogP contribution in [0.25, 0.3) is 0 Å². The summed E-state index contributed by atoms with van der Waals surface area (Å²) >= 11 is 4.31. The molecule has 0 aromatic heterocycles. The lowest BCUT2D eigenvalue weighted by molar-refractivity contribution is 0.497. The Kier molecular flexibility index (Phi) is 6.86. The molecule has 1 rings (SSSR count). The van der Waals surface area contributed by atoms with Crippen LogP contribution >= 0.6 is 23.5 Å². The third-order valence-corrected chi connectivity index (χ3v) is 6.18. The van der Waals surface area contributed by atoms with Gasteiger partial charge < -0.3 is 5.32 Å². The lowest BCUT2D eigenvalue weighted by Gasteiger charge is -2.36. The summed E-state index contributed by atoms with van der Waals surface area (Å²) in [7, 11) is 0. The van der Waals surface area contributed by atoms with Crippen LogP contribution in [-0.2, 0) is 0 Å². The van der Waals surface area contributed by atoms with Crippen molar-refractivity contribution < 1.29 is 0 Å². The third-order valence-electron chi connectivity index (χ3n) is 2.78. The van der Waals surface area contributed by atoms with Crippen LogP contribution in [0.1, 0.15) is 26.7 Å². The molecule has 1 aliphatic heterocycles. The van der Waals surface area contributed by atoms with E-state index in [2.05, 4.69) is 55.3 Å². The highest BCUT2D eigenvalue weighted by Gasteiger charge is 2.30. The molecule has 3 heteroatoms. The minimum Gasteiger partial charge on any atom is -0.313 e. The summed E-state index contributed by atoms with van der Waals surface area (Å²) in [6, 6.07) is 0.621. The fraction of sp³-hybridized carbons (Fsp3) is 0.833. The van der Waals surface area contributed by atoms with Crippen LogP contribution < -0.4 is 5.32 Å². The summed E-state index contributed by atoms with van der Waals surface area (Å²) in [6.07, 6.45) is 4.45. The van der Waals surface area contributed by atoms with Crippen molar-refractivity contribution in [1.29, 1.82) is 0 Å². The fourth-order valence-electron chi connectivity index (χ4n) is 2.09. The molecule has 1 aliphatic rings. The minimum absolute atomic E-state index is 0.621. The topological polar surface area (TPSA) is 12.0 Å². The lowest BCUT2D eigenvalue weighted by Crippen LogP contribution is -2.44. The van der Waals surface area contributed by atoms with E-state index < -0.39 is 0 Å². The number of hydrogen-bond acceptors (Lipinski definition) is 3. The van der Waals surface area contributed by atoms with Crippen molar-refractivity contribution in [3.8, 4) is 0 Å². The summed E-state index contributed by atoms with van der Waals surface area (Å²) in [6.45, 7) is 9.44. The fourth-order valence-corrected chi connectivity index (χ4v) is 5.36. The number of hydrogen-bond donors (Lipinski definition) is 1. The zero-order chi connectivity index (χ0) is 11.1. The molecule has 0 amide bonds. The van der Waals surface area contributed by atoms with Gasteiger partial charge in [0.1, 0.15) is 0 Å². The van der Waals surface area contributed by atoms with Gasteiger partial charge in [-0.1, -0.05) is 19.9 Å². The number of nitrogens with one attached hydrogen (secondary N) is 1. The maximum atomic E-state index is 3.87. The van der Waals surface area contributed by atoms with Gasteiger partial charge in [-0.05, 0) is 19.4 Å². The third kappa shape index (κ3) is 4.04. The van der Waals surface area contributed by atoms with Crippen molar-refractivity contribution in [2.75, 3.05) is 18.1 Å². The lowest BCUT2D eigenvalue weighted by atomic mass is 10.1. The Balaban J connectivity index is 2.56. The van der Waals surface area contributed by atoms with E-state index in [-0.39, 0.29) is 0 Å². The predicted molar refractivity (Wildman–Crippen MR) is 75.1 cm³/mol. The van der Waals surface area contributed by atoms with Gasteiger partial charge in [-0.15, -0.1) is 6.58 Å². The van der Waals surface area contributed by atoms with E-state index in [4.69, 9.17) is 0 Å². The zero-order valence-corrected chi connectivity index (χ0v) is 11.5. The molecule has 0 aromatic rings. The van der Waals surface area contributed by atoms with Gasteiger partial charge >= 0.3 is 0 Å². The highest BCUT2D eigenvalue weighted by atomic mass is 32.2. The molecule has 1 nitrogen and oxygen atoms in total. The summed E-state index contributed by atoms with van der Waals surface area (Å²) < 4.78 is 0. The smallest absolute Gasteiger partial charge is 0.0323 e. The molecule has 0 spiro atoms. The summed E-state index contributed by atoms with van der Waals surface area (Å²) in [5.41, 5.74) is 0. The largest absolute Gasteiger partial charge is 0.313 e. The molecule has 3 unspecified atom stereocenters. The molecule has 0 bridgehead atoms. The van der Waals surface area contributed by atoms with Crippen molar-refractivity contribution in [3.05, 3.63) is 12.7 Å². The Morgan fingerprint density at radius 3 is 2.73 bits per heavy atom. The minimum atomic E-state index is 0.621. The van der Waals surface area contributed by atoms with Gasteiger partial charge in [0.05, 0.1) is 0 Å². The first-order valence-corrected chi connectivity index (χ1v) is 8.00. The number of thioether (sulfide) groups is 2. The van der Waals surface area contributed by atoms with Crippen LogP contribution in [0.5, 0.6) is 0 Å². The highest BCUT2D eigenvalue weighted by Crippen LogP contribution is 2.35. The second kappa shape index (κ2) is 7.64. The molecule has 3 atom stereocenters. The molecule has 1 heterocycles. The molecule has 15 heavy (non-hydrogen) atoms. The van der Waals surface area contributed by atoms with Crippen molar-refractivity contribution in [2.24, 2.45) is 0 Å². The standard InChI is InChI=1S/C12H23NS2/c1-4-7-10(13-6-3)12-11(5-2)14-8-9-15-12/h4,10-13H,1,5-9H2,2-3H3. The monoisotopic (exact) mass is 245 g/mol. The normalized spacial score (nSPS) is 28.7. The van der Waals surface area contributed by atoms with E-state index in [1.54, 1.807) is 0 Å². The zero-order valence-electron chi connectivity index (χ0n) is 9.87. The Hall–Kier alpha value is 0.400. The molecular formula is C12H23NS2. The first kappa shape index (κ1) is 13.5. The first-order chi connectivity index (χ1) is 7.33. The molecule has 0 radical (unpaired) electrons.